The number of nitrogens with one attached hydrogen (secondary N) is 1. The van der Waals surface area contributed by atoms with Crippen LogP contribution in [0.3, 0.4) is 0 Å². The molecule has 0 spiro atoms. The van der Waals surface area contributed by atoms with E-state index in [1.807, 2.05) is 6.07 Å². The molecule has 2 aliphatic rings. The summed E-state index contributed by atoms with van der Waals surface area (Å²) in [6, 6.07) is 9.15. The summed E-state index contributed by atoms with van der Waals surface area (Å²) in [7, 11) is 1.46. The summed E-state index contributed by atoms with van der Waals surface area (Å²) in [5, 5.41) is 12.0. The number of ketones is 1. The van der Waals surface area contributed by atoms with Crippen LogP contribution in [0.15, 0.2) is 58.6 Å². The maximum absolute atomic E-state index is 13.3. The number of hydrogen-bond donors (Lipinski definition) is 1. The fraction of sp³-hybridized carbons (Fsp3) is 0.292. The minimum absolute atomic E-state index is 0.0123. The first-order valence-electron chi connectivity index (χ1n) is 10.6. The summed E-state index contributed by atoms with van der Waals surface area (Å²) in [5.41, 5.74) is 0.256. The van der Waals surface area contributed by atoms with Gasteiger partial charge in [-0.2, -0.15) is 18.4 Å². The number of methoxy groups -OCH3 is 1. The number of ether oxygens (including phenoxy) is 1. The van der Waals surface area contributed by atoms with Gasteiger partial charge in [0.2, 0.25) is 0 Å². The highest BCUT2D eigenvalue weighted by molar-refractivity contribution is 7.91. The topological polar surface area (TPSA) is 105 Å². The highest BCUT2D eigenvalue weighted by Gasteiger charge is 2.43. The predicted octanol–water partition coefficient (Wildman–Crippen LogP) is 4.22. The number of nitriles is 1. The molecule has 0 radical (unpaired) electrons. The summed E-state index contributed by atoms with van der Waals surface area (Å²) < 4.78 is 57.8. The molecule has 2 atom stereocenters. The first-order chi connectivity index (χ1) is 16.7. The van der Waals surface area contributed by atoms with E-state index in [4.69, 9.17) is 4.74 Å². The van der Waals surface area contributed by atoms with Crippen molar-refractivity contribution in [3.8, 4) is 6.07 Å². The molecule has 1 heterocycles. The van der Waals surface area contributed by atoms with Gasteiger partial charge in [-0.05, 0) is 41.9 Å². The van der Waals surface area contributed by atoms with Crippen molar-refractivity contribution in [1.82, 2.24) is 5.32 Å². The second kappa shape index (κ2) is 9.73. The van der Waals surface area contributed by atoms with Gasteiger partial charge in [0.25, 0.3) is 0 Å². The van der Waals surface area contributed by atoms with Crippen LogP contribution >= 0.6 is 0 Å². The second-order valence-electron chi connectivity index (χ2n) is 7.96. The molecule has 35 heavy (non-hydrogen) atoms. The highest BCUT2D eigenvalue weighted by Crippen LogP contribution is 2.43. The van der Waals surface area contributed by atoms with Crippen LogP contribution in [-0.4, -0.2) is 35.8 Å². The molecule has 2 unspecified atom stereocenters. The van der Waals surface area contributed by atoms with E-state index >= 15 is 0 Å². The van der Waals surface area contributed by atoms with Gasteiger partial charge in [0, 0.05) is 36.4 Å². The van der Waals surface area contributed by atoms with E-state index in [-0.39, 0.29) is 52.7 Å². The van der Waals surface area contributed by atoms with Crippen LogP contribution < -0.4 is 10.2 Å². The smallest absolute Gasteiger partial charge is 0.416 e. The lowest BCUT2D eigenvalue weighted by Crippen LogP contribution is -2.47. The summed E-state index contributed by atoms with van der Waals surface area (Å²) in [4.78, 5) is 27.5. The number of nitrogens with zero attached hydrogens (tertiary/aromatic N) is 2. The van der Waals surface area contributed by atoms with Crippen molar-refractivity contribution in [2.45, 2.75) is 30.0 Å². The molecular formula is C24H20F3N3O4S. The first kappa shape index (κ1) is 24.8. The molecule has 0 fully saturated rings. The Morgan fingerprint density at radius 2 is 2.00 bits per heavy atom. The van der Waals surface area contributed by atoms with Crippen molar-refractivity contribution in [2.75, 3.05) is 24.4 Å². The lowest BCUT2D eigenvalue weighted by molar-refractivity contribution is -0.137. The number of allylic oxidation sites excluding steroid dienone is 1. The van der Waals surface area contributed by atoms with E-state index in [1.165, 1.54) is 31.4 Å². The molecule has 1 aliphatic carbocycles. The molecule has 182 valence electrons. The third-order valence-electron chi connectivity index (χ3n) is 5.83. The zero-order chi connectivity index (χ0) is 25.3. The van der Waals surface area contributed by atoms with Crippen LogP contribution in [0, 0.1) is 11.3 Å². The number of Topliss-reactive ketones (excluding diaryl/α,β-unsaturated/α-hetero) is 1. The van der Waals surface area contributed by atoms with E-state index in [9.17, 15) is 32.6 Å². The third kappa shape index (κ3) is 4.77. The number of hydrogen-bond acceptors (Lipinski definition) is 5. The van der Waals surface area contributed by atoms with Crippen molar-refractivity contribution in [2.24, 2.45) is 0 Å². The Labute approximate surface area is 202 Å². The Hall–Kier alpha value is -3.33. The molecule has 11 heteroatoms. The van der Waals surface area contributed by atoms with Crippen LogP contribution in [0.2, 0.25) is 0 Å². The van der Waals surface area contributed by atoms with Crippen molar-refractivity contribution in [3.63, 3.8) is 0 Å². The van der Waals surface area contributed by atoms with E-state index in [1.54, 1.807) is 6.07 Å². The number of anilines is 1. The average Bonchev–Trinajstić information content (AvgIpc) is 3.22. The van der Waals surface area contributed by atoms with Crippen LogP contribution in [0.1, 0.15) is 35.6 Å². The van der Waals surface area contributed by atoms with Gasteiger partial charge in [-0.1, -0.05) is 12.1 Å². The molecule has 2 aromatic rings. The van der Waals surface area contributed by atoms with Crippen LogP contribution in [-0.2, 0) is 26.9 Å². The van der Waals surface area contributed by atoms with Crippen LogP contribution in [0.4, 0.5) is 23.7 Å². The third-order valence-corrected chi connectivity index (χ3v) is 7.21. The van der Waals surface area contributed by atoms with Crippen molar-refractivity contribution >= 4 is 28.7 Å². The monoisotopic (exact) mass is 503 g/mol. The Morgan fingerprint density at radius 1 is 1.23 bits per heavy atom. The summed E-state index contributed by atoms with van der Waals surface area (Å²) in [6.45, 7) is 0.191. The average molecular weight is 504 g/mol. The van der Waals surface area contributed by atoms with Crippen molar-refractivity contribution in [3.05, 3.63) is 70.4 Å². The standard InChI is InChI=1S/C24H20F3N3O4S/c1-34-9-10-35(33)20-11-14(13-28)5-6-17(20)22-21-18(7-8-19(21)31)30(23(32)29-22)16-4-2-3-15(12-16)24(25,26)27/h2-6,11-12,22H,7-10H2,1H3,(H,29,32). The zero-order valence-corrected chi connectivity index (χ0v) is 19.3. The Bertz CT molecular complexity index is 1260. The van der Waals surface area contributed by atoms with Gasteiger partial charge in [0.05, 0.1) is 35.5 Å². The summed E-state index contributed by atoms with van der Waals surface area (Å²) >= 11 is -1.60. The van der Waals surface area contributed by atoms with Gasteiger partial charge in [0.15, 0.2) is 10.7 Å². The molecule has 2 aromatic carbocycles. The number of urea groups is 1. The van der Waals surface area contributed by atoms with Crippen LogP contribution in [0.5, 0.6) is 0 Å². The number of amides is 2. The van der Waals surface area contributed by atoms with Gasteiger partial charge in [-0.15, -0.1) is 0 Å². The Morgan fingerprint density at radius 3 is 2.69 bits per heavy atom. The summed E-state index contributed by atoms with van der Waals surface area (Å²) in [5.74, 6) is -0.130. The number of benzene rings is 2. The number of carbonyl (C=O) groups is 2. The molecule has 7 nitrogen and oxygen atoms in total. The largest absolute Gasteiger partial charge is 0.611 e. The summed E-state index contributed by atoms with van der Waals surface area (Å²) in [6.07, 6.45) is -4.34. The zero-order valence-electron chi connectivity index (χ0n) is 18.5. The molecule has 0 saturated carbocycles. The molecule has 1 N–H and O–H groups in total. The van der Waals surface area contributed by atoms with E-state index in [2.05, 4.69) is 5.32 Å². The van der Waals surface area contributed by atoms with Crippen molar-refractivity contribution < 1.29 is 32.0 Å². The lowest BCUT2D eigenvalue weighted by atomic mass is 9.94. The van der Waals surface area contributed by atoms with E-state index < -0.39 is 35.0 Å². The first-order valence-corrected chi connectivity index (χ1v) is 11.9. The normalized spacial score (nSPS) is 18.9. The maximum atomic E-state index is 13.3. The highest BCUT2D eigenvalue weighted by atomic mass is 32.2. The fourth-order valence-corrected chi connectivity index (χ4v) is 5.49. The second-order valence-corrected chi connectivity index (χ2v) is 9.50. The minimum atomic E-state index is -4.60. The number of halogens is 3. The minimum Gasteiger partial charge on any atom is -0.611 e. The maximum Gasteiger partial charge on any atom is 0.416 e. The predicted molar refractivity (Wildman–Crippen MR) is 121 cm³/mol. The number of carbonyl (C=O) groups excluding carboxylic acids is 2. The van der Waals surface area contributed by atoms with E-state index in [0.29, 0.717) is 11.3 Å². The molecule has 2 amide bonds. The number of rotatable bonds is 6. The molecule has 0 bridgehead atoms. The van der Waals surface area contributed by atoms with Gasteiger partial charge in [0.1, 0.15) is 5.75 Å². The lowest BCUT2D eigenvalue weighted by Gasteiger charge is -2.35. The molecule has 0 saturated heterocycles. The fourth-order valence-electron chi connectivity index (χ4n) is 4.24. The SMILES string of the molecule is COCC[S+]([O-])c1cc(C#N)ccc1C1NC(=O)N(c2cccc(C(F)(F)F)c2)C2=C1C(=O)CC2. The van der Waals surface area contributed by atoms with Gasteiger partial charge >= 0.3 is 12.2 Å². The van der Waals surface area contributed by atoms with Gasteiger partial charge in [-0.25, -0.2) is 4.79 Å². The van der Waals surface area contributed by atoms with Crippen LogP contribution in [0.25, 0.3) is 0 Å². The van der Waals surface area contributed by atoms with Crippen molar-refractivity contribution in [1.29, 1.82) is 5.26 Å². The quantitative estimate of drug-likeness (QED) is 0.595. The molecular weight excluding hydrogens is 483 g/mol. The van der Waals surface area contributed by atoms with Gasteiger partial charge in [-0.3, -0.25) is 9.69 Å². The molecule has 1 aliphatic heterocycles. The Kier molecular flexibility index (Phi) is 6.89. The molecule has 0 aromatic heterocycles. The molecule has 4 rings (SSSR count). The van der Waals surface area contributed by atoms with E-state index in [0.717, 1.165) is 17.0 Å². The Balaban J connectivity index is 1.82. The number of alkyl halides is 3. The van der Waals surface area contributed by atoms with Gasteiger partial charge < -0.3 is 14.6 Å².